The van der Waals surface area contributed by atoms with Gasteiger partial charge in [0.25, 0.3) is 0 Å². The Kier molecular flexibility index (Phi) is 3.61. The zero-order valence-electron chi connectivity index (χ0n) is 9.59. The van der Waals surface area contributed by atoms with Crippen molar-refractivity contribution in [1.29, 1.82) is 0 Å². The van der Waals surface area contributed by atoms with Crippen molar-refractivity contribution in [2.24, 2.45) is 0 Å². The quantitative estimate of drug-likeness (QED) is 0.910. The highest BCUT2D eigenvalue weighted by Gasteiger charge is 2.07. The molecule has 7 heteroatoms. The van der Waals surface area contributed by atoms with Crippen LogP contribution in [0, 0.1) is 6.92 Å². The Labute approximate surface area is 112 Å². The van der Waals surface area contributed by atoms with E-state index in [9.17, 15) is 4.79 Å². The highest BCUT2D eigenvalue weighted by molar-refractivity contribution is 9.10. The molecule has 0 aliphatic rings. The van der Waals surface area contributed by atoms with Crippen molar-refractivity contribution in [2.45, 2.75) is 13.5 Å². The van der Waals surface area contributed by atoms with Gasteiger partial charge in [0.1, 0.15) is 5.69 Å². The summed E-state index contributed by atoms with van der Waals surface area (Å²) >= 11 is 3.45. The highest BCUT2D eigenvalue weighted by Crippen LogP contribution is 2.21. The Morgan fingerprint density at radius 2 is 2.33 bits per heavy atom. The number of carbonyl (C=O) groups is 1. The number of benzene rings is 1. The lowest BCUT2D eigenvalue weighted by molar-refractivity contribution is 0.194. The van der Waals surface area contributed by atoms with Crippen molar-refractivity contribution in [3.8, 4) is 5.69 Å². The van der Waals surface area contributed by atoms with E-state index in [0.717, 1.165) is 15.7 Å². The number of hydrogen-bond donors (Lipinski definition) is 2. The topological polar surface area (TPSA) is 80.0 Å². The van der Waals surface area contributed by atoms with E-state index < -0.39 is 6.09 Å². The summed E-state index contributed by atoms with van der Waals surface area (Å²) in [5.41, 5.74) is 2.51. The molecule has 18 heavy (non-hydrogen) atoms. The van der Waals surface area contributed by atoms with Crippen molar-refractivity contribution in [3.05, 3.63) is 40.1 Å². The minimum atomic E-state index is -1.08. The van der Waals surface area contributed by atoms with E-state index in [4.69, 9.17) is 5.11 Å². The fraction of sp³-hybridized carbons (Fsp3) is 0.182. The molecule has 0 radical (unpaired) electrons. The first-order valence-electron chi connectivity index (χ1n) is 5.21. The Bertz CT molecular complexity index is 582. The molecule has 2 N–H and O–H groups in total. The maximum Gasteiger partial charge on any atom is 0.404 e. The molecule has 1 heterocycles. The van der Waals surface area contributed by atoms with E-state index in [1.54, 1.807) is 10.9 Å². The third kappa shape index (κ3) is 2.67. The molecule has 0 spiro atoms. The molecular weight excluding hydrogens is 300 g/mol. The number of amides is 1. The molecule has 1 aromatic carbocycles. The fourth-order valence-corrected chi connectivity index (χ4v) is 1.86. The third-order valence-corrected chi connectivity index (χ3v) is 3.31. The summed E-state index contributed by atoms with van der Waals surface area (Å²) in [7, 11) is 0. The van der Waals surface area contributed by atoms with Crippen molar-refractivity contribution >= 4 is 22.0 Å². The summed E-state index contributed by atoms with van der Waals surface area (Å²) in [6.45, 7) is 2.11. The predicted molar refractivity (Wildman–Crippen MR) is 68.7 cm³/mol. The number of carboxylic acid groups (broad SMARTS) is 1. The van der Waals surface area contributed by atoms with Gasteiger partial charge in [0, 0.05) is 4.47 Å². The normalized spacial score (nSPS) is 10.3. The van der Waals surface area contributed by atoms with Crippen LogP contribution in [-0.2, 0) is 6.54 Å². The van der Waals surface area contributed by atoms with Gasteiger partial charge in [-0.1, -0.05) is 27.2 Å². The smallest absolute Gasteiger partial charge is 0.404 e. The molecule has 0 aliphatic carbocycles. The van der Waals surface area contributed by atoms with Gasteiger partial charge in [0.15, 0.2) is 0 Å². The highest BCUT2D eigenvalue weighted by atomic mass is 79.9. The second-order valence-corrected chi connectivity index (χ2v) is 4.55. The summed E-state index contributed by atoms with van der Waals surface area (Å²) in [4.78, 5) is 10.4. The second kappa shape index (κ2) is 5.18. The van der Waals surface area contributed by atoms with Gasteiger partial charge in [-0.15, -0.1) is 5.10 Å². The maximum atomic E-state index is 10.4. The summed E-state index contributed by atoms with van der Waals surface area (Å²) in [5.74, 6) is 0. The van der Waals surface area contributed by atoms with Crippen molar-refractivity contribution in [2.75, 3.05) is 0 Å². The number of hydrogen-bond acceptors (Lipinski definition) is 3. The van der Waals surface area contributed by atoms with Crippen LogP contribution in [-0.4, -0.2) is 26.2 Å². The summed E-state index contributed by atoms with van der Waals surface area (Å²) in [6.07, 6.45) is 0.619. The summed E-state index contributed by atoms with van der Waals surface area (Å²) in [5, 5.41) is 18.6. The second-order valence-electron chi connectivity index (χ2n) is 3.70. The lowest BCUT2D eigenvalue weighted by atomic mass is 10.2. The van der Waals surface area contributed by atoms with Crippen LogP contribution in [0.1, 0.15) is 11.3 Å². The third-order valence-electron chi connectivity index (χ3n) is 2.45. The van der Waals surface area contributed by atoms with Crippen LogP contribution in [0.2, 0.25) is 0 Å². The molecule has 2 rings (SSSR count). The first-order valence-corrected chi connectivity index (χ1v) is 6.00. The zero-order valence-corrected chi connectivity index (χ0v) is 11.2. The van der Waals surface area contributed by atoms with Gasteiger partial charge in [-0.05, 0) is 24.6 Å². The molecule has 0 fully saturated rings. The van der Waals surface area contributed by atoms with Gasteiger partial charge >= 0.3 is 6.09 Å². The summed E-state index contributed by atoms with van der Waals surface area (Å²) in [6, 6.07) is 5.77. The van der Waals surface area contributed by atoms with E-state index in [-0.39, 0.29) is 6.54 Å². The van der Waals surface area contributed by atoms with Crippen LogP contribution >= 0.6 is 15.9 Å². The molecular formula is C11H11BrN4O2. The Balaban J connectivity index is 2.24. The van der Waals surface area contributed by atoms with Gasteiger partial charge in [0.05, 0.1) is 18.4 Å². The van der Waals surface area contributed by atoms with Gasteiger partial charge in [-0.3, -0.25) is 0 Å². The van der Waals surface area contributed by atoms with Crippen LogP contribution < -0.4 is 5.32 Å². The minimum Gasteiger partial charge on any atom is -0.465 e. The van der Waals surface area contributed by atoms with Gasteiger partial charge in [-0.25, -0.2) is 9.48 Å². The Hall–Kier alpha value is -1.89. The molecule has 94 valence electrons. The molecule has 0 aliphatic heterocycles. The zero-order chi connectivity index (χ0) is 13.1. The van der Waals surface area contributed by atoms with Crippen LogP contribution in [0.15, 0.2) is 28.9 Å². The van der Waals surface area contributed by atoms with E-state index in [0.29, 0.717) is 5.69 Å². The number of nitrogens with zero attached hydrogens (tertiary/aromatic N) is 3. The lowest BCUT2D eigenvalue weighted by Gasteiger charge is -2.05. The summed E-state index contributed by atoms with van der Waals surface area (Å²) < 4.78 is 2.61. The first-order chi connectivity index (χ1) is 8.58. The van der Waals surface area contributed by atoms with E-state index in [1.807, 2.05) is 25.1 Å². The average molecular weight is 311 g/mol. The van der Waals surface area contributed by atoms with Gasteiger partial charge in [-0.2, -0.15) is 0 Å². The van der Waals surface area contributed by atoms with Gasteiger partial charge < -0.3 is 10.4 Å². The molecule has 1 amide bonds. The number of nitrogens with one attached hydrogen (secondary N) is 1. The molecule has 0 saturated carbocycles. The molecule has 2 aromatic rings. The monoisotopic (exact) mass is 310 g/mol. The van der Waals surface area contributed by atoms with E-state index in [2.05, 4.69) is 31.6 Å². The van der Waals surface area contributed by atoms with Crippen LogP contribution in [0.25, 0.3) is 5.69 Å². The molecule has 0 unspecified atom stereocenters. The number of halogens is 1. The number of aromatic nitrogens is 3. The SMILES string of the molecule is Cc1c(Br)cccc1-n1cc(CNC(=O)O)nn1. The van der Waals surface area contributed by atoms with Crippen LogP contribution in [0.4, 0.5) is 4.79 Å². The Morgan fingerprint density at radius 1 is 1.56 bits per heavy atom. The average Bonchev–Trinajstić information content (AvgIpc) is 2.78. The molecule has 6 nitrogen and oxygen atoms in total. The van der Waals surface area contributed by atoms with E-state index in [1.165, 1.54) is 0 Å². The minimum absolute atomic E-state index is 0.141. The van der Waals surface area contributed by atoms with Crippen molar-refractivity contribution in [3.63, 3.8) is 0 Å². The Morgan fingerprint density at radius 3 is 3.06 bits per heavy atom. The molecule has 0 atom stereocenters. The molecule has 0 bridgehead atoms. The predicted octanol–water partition coefficient (Wildman–Crippen LogP) is 2.11. The maximum absolute atomic E-state index is 10.4. The number of rotatable bonds is 3. The standard InChI is InChI=1S/C11H11BrN4O2/c1-7-9(12)3-2-4-10(7)16-6-8(14-15-16)5-13-11(17)18/h2-4,6,13H,5H2,1H3,(H,17,18). The van der Waals surface area contributed by atoms with E-state index >= 15 is 0 Å². The largest absolute Gasteiger partial charge is 0.465 e. The first kappa shape index (κ1) is 12.6. The molecule has 0 saturated heterocycles. The van der Waals surface area contributed by atoms with Crippen molar-refractivity contribution in [1.82, 2.24) is 20.3 Å². The fourth-order valence-electron chi connectivity index (χ4n) is 1.51. The van der Waals surface area contributed by atoms with Gasteiger partial charge in [0.2, 0.25) is 0 Å². The van der Waals surface area contributed by atoms with Crippen molar-refractivity contribution < 1.29 is 9.90 Å². The molecule has 1 aromatic heterocycles. The van der Waals surface area contributed by atoms with Crippen LogP contribution in [0.3, 0.4) is 0 Å². The lowest BCUT2D eigenvalue weighted by Crippen LogP contribution is -2.20. The van der Waals surface area contributed by atoms with Crippen LogP contribution in [0.5, 0.6) is 0 Å².